The van der Waals surface area contributed by atoms with Gasteiger partial charge in [0.1, 0.15) is 16.9 Å². The number of nitrogen functional groups attached to an aromatic ring is 2. The van der Waals surface area contributed by atoms with Gasteiger partial charge in [0.15, 0.2) is 5.65 Å². The lowest BCUT2D eigenvalue weighted by atomic mass is 10.1. The van der Waals surface area contributed by atoms with Crippen LogP contribution in [0.2, 0.25) is 0 Å². The number of anilines is 1. The molecule has 7 nitrogen and oxygen atoms in total. The molecule has 2 aromatic carbocycles. The highest BCUT2D eigenvalue weighted by atomic mass is 16.1. The first-order valence-electron chi connectivity index (χ1n) is 8.29. The van der Waals surface area contributed by atoms with Crippen molar-refractivity contribution >= 4 is 33.9 Å². The third-order valence-electron chi connectivity index (χ3n) is 4.30. The highest BCUT2D eigenvalue weighted by Gasteiger charge is 2.22. The molecule has 0 saturated heterocycles. The number of nitrogens with zero attached hydrogens (tertiary/aromatic N) is 3. The van der Waals surface area contributed by atoms with Gasteiger partial charge in [-0.05, 0) is 24.1 Å². The van der Waals surface area contributed by atoms with Crippen molar-refractivity contribution in [2.45, 2.75) is 6.42 Å². The normalized spacial score (nSPS) is 11.1. The van der Waals surface area contributed by atoms with Crippen LogP contribution in [-0.2, 0) is 6.42 Å². The topological polar surface area (TPSA) is 112 Å². The number of carbonyl (C=O) groups is 1. The van der Waals surface area contributed by atoms with Crippen molar-refractivity contribution in [1.82, 2.24) is 20.0 Å². The predicted octanol–water partition coefficient (Wildman–Crippen LogP) is 1.85. The van der Waals surface area contributed by atoms with Gasteiger partial charge < -0.3 is 16.9 Å². The van der Waals surface area contributed by atoms with E-state index in [1.807, 2.05) is 54.6 Å². The maximum absolute atomic E-state index is 12.7. The van der Waals surface area contributed by atoms with Crippen LogP contribution in [0.5, 0.6) is 0 Å². The van der Waals surface area contributed by atoms with E-state index in [9.17, 15) is 4.79 Å². The molecule has 1 amide bonds. The summed E-state index contributed by atoms with van der Waals surface area (Å²) in [6.45, 7) is 0.487. The fourth-order valence-electron chi connectivity index (χ4n) is 2.96. The second kappa shape index (κ2) is 6.36. The SMILES string of the molecule is Nc1c(C(=O)NCCc2ccccc2)c2nc3ccccc3nc2n1N. The minimum atomic E-state index is -0.308. The van der Waals surface area contributed by atoms with Crippen LogP contribution in [0.4, 0.5) is 5.82 Å². The Kier molecular flexibility index (Phi) is 3.89. The summed E-state index contributed by atoms with van der Waals surface area (Å²) in [6, 6.07) is 17.3. The highest BCUT2D eigenvalue weighted by Crippen LogP contribution is 2.25. The van der Waals surface area contributed by atoms with Gasteiger partial charge in [-0.3, -0.25) is 4.79 Å². The number of hydrogen-bond donors (Lipinski definition) is 3. The molecule has 4 rings (SSSR count). The van der Waals surface area contributed by atoms with Crippen molar-refractivity contribution in [3.8, 4) is 0 Å². The number of benzene rings is 2. The van der Waals surface area contributed by atoms with Crippen molar-refractivity contribution in [3.05, 3.63) is 65.7 Å². The molecule has 26 heavy (non-hydrogen) atoms. The molecule has 2 heterocycles. The van der Waals surface area contributed by atoms with Gasteiger partial charge >= 0.3 is 0 Å². The molecule has 130 valence electrons. The Morgan fingerprint density at radius 1 is 1.00 bits per heavy atom. The Labute approximate surface area is 149 Å². The molecule has 0 aliphatic rings. The summed E-state index contributed by atoms with van der Waals surface area (Å²) in [5.74, 6) is 5.83. The third-order valence-corrected chi connectivity index (χ3v) is 4.30. The Morgan fingerprint density at radius 3 is 2.38 bits per heavy atom. The van der Waals surface area contributed by atoms with Crippen LogP contribution in [0.15, 0.2) is 54.6 Å². The molecule has 0 aliphatic carbocycles. The lowest BCUT2D eigenvalue weighted by Crippen LogP contribution is -2.27. The van der Waals surface area contributed by atoms with Crippen molar-refractivity contribution in [3.63, 3.8) is 0 Å². The number of nitrogens with two attached hydrogens (primary N) is 2. The van der Waals surface area contributed by atoms with Gasteiger partial charge in [-0.1, -0.05) is 42.5 Å². The molecule has 5 N–H and O–H groups in total. The zero-order chi connectivity index (χ0) is 18.1. The first-order chi connectivity index (χ1) is 12.6. The van der Waals surface area contributed by atoms with E-state index in [1.165, 1.54) is 4.68 Å². The second-order valence-corrected chi connectivity index (χ2v) is 6.01. The van der Waals surface area contributed by atoms with Crippen LogP contribution in [0, 0.1) is 0 Å². The number of rotatable bonds is 4. The maximum atomic E-state index is 12.7. The van der Waals surface area contributed by atoms with Crippen molar-refractivity contribution in [1.29, 1.82) is 0 Å². The van der Waals surface area contributed by atoms with E-state index in [0.717, 1.165) is 12.0 Å². The number of aromatic nitrogens is 3. The summed E-state index contributed by atoms with van der Waals surface area (Å²) in [5.41, 5.74) is 9.63. The molecule has 0 spiro atoms. The van der Waals surface area contributed by atoms with Gasteiger partial charge in [-0.15, -0.1) is 0 Å². The number of fused-ring (bicyclic) bond motifs is 2. The molecule has 7 heteroatoms. The third kappa shape index (κ3) is 2.69. The van der Waals surface area contributed by atoms with Crippen molar-refractivity contribution in [2.24, 2.45) is 0 Å². The molecule has 0 radical (unpaired) electrons. The molecule has 0 bridgehead atoms. The number of amides is 1. The quantitative estimate of drug-likeness (QED) is 0.488. The predicted molar refractivity (Wildman–Crippen MR) is 102 cm³/mol. The molecule has 2 aromatic heterocycles. The van der Waals surface area contributed by atoms with Crippen LogP contribution in [0.25, 0.3) is 22.2 Å². The Hall–Kier alpha value is -3.61. The molecule has 0 atom stereocenters. The van der Waals surface area contributed by atoms with Crippen molar-refractivity contribution < 1.29 is 4.79 Å². The van der Waals surface area contributed by atoms with Crippen LogP contribution >= 0.6 is 0 Å². The Balaban J connectivity index is 1.65. The molecule has 0 fully saturated rings. The van der Waals surface area contributed by atoms with Crippen LogP contribution in [0.1, 0.15) is 15.9 Å². The fourth-order valence-corrected chi connectivity index (χ4v) is 2.96. The largest absolute Gasteiger partial charge is 0.383 e. The summed E-state index contributed by atoms with van der Waals surface area (Å²) in [5, 5.41) is 2.89. The average molecular weight is 346 g/mol. The number of carbonyl (C=O) groups excluding carboxylic acids is 1. The van der Waals surface area contributed by atoms with E-state index in [2.05, 4.69) is 15.3 Å². The zero-order valence-corrected chi connectivity index (χ0v) is 14.0. The van der Waals surface area contributed by atoms with Gasteiger partial charge in [-0.2, -0.15) is 0 Å². The lowest BCUT2D eigenvalue weighted by molar-refractivity contribution is 0.0956. The van der Waals surface area contributed by atoms with Gasteiger partial charge in [0.25, 0.3) is 5.91 Å². The van der Waals surface area contributed by atoms with E-state index < -0.39 is 0 Å². The summed E-state index contributed by atoms with van der Waals surface area (Å²) >= 11 is 0. The van der Waals surface area contributed by atoms with Crippen LogP contribution in [0.3, 0.4) is 0 Å². The number of para-hydroxylation sites is 2. The Bertz CT molecular complexity index is 1100. The second-order valence-electron chi connectivity index (χ2n) is 6.01. The first-order valence-corrected chi connectivity index (χ1v) is 8.29. The monoisotopic (exact) mass is 346 g/mol. The summed E-state index contributed by atoms with van der Waals surface area (Å²) in [6.07, 6.45) is 0.725. The standard InChI is InChI=1S/C19H18N6O/c20-17-15(19(26)22-11-10-12-6-2-1-3-7-12)16-18(25(17)21)24-14-9-5-4-8-13(14)23-16/h1-9H,10-11,20-21H2,(H,22,26). The highest BCUT2D eigenvalue weighted by molar-refractivity contribution is 6.10. The molecule has 0 aliphatic heterocycles. The number of hydrogen-bond acceptors (Lipinski definition) is 5. The first kappa shape index (κ1) is 15.9. The van der Waals surface area contributed by atoms with Crippen LogP contribution in [-0.4, -0.2) is 27.1 Å². The fraction of sp³-hybridized carbons (Fsp3) is 0.105. The van der Waals surface area contributed by atoms with E-state index >= 15 is 0 Å². The van der Waals surface area contributed by atoms with E-state index in [4.69, 9.17) is 11.6 Å². The molecule has 4 aromatic rings. The van der Waals surface area contributed by atoms with E-state index in [1.54, 1.807) is 0 Å². The van der Waals surface area contributed by atoms with E-state index in [-0.39, 0.29) is 17.3 Å². The number of nitrogens with one attached hydrogen (secondary N) is 1. The minimum absolute atomic E-state index is 0.146. The summed E-state index contributed by atoms with van der Waals surface area (Å²) in [7, 11) is 0. The smallest absolute Gasteiger partial charge is 0.257 e. The zero-order valence-electron chi connectivity index (χ0n) is 14.0. The molecular weight excluding hydrogens is 328 g/mol. The average Bonchev–Trinajstić information content (AvgIpc) is 2.91. The molecule has 0 saturated carbocycles. The van der Waals surface area contributed by atoms with Gasteiger partial charge in [0.2, 0.25) is 0 Å². The van der Waals surface area contributed by atoms with Gasteiger partial charge in [0.05, 0.1) is 11.0 Å². The Morgan fingerprint density at radius 2 is 1.65 bits per heavy atom. The lowest BCUT2D eigenvalue weighted by Gasteiger charge is -2.05. The summed E-state index contributed by atoms with van der Waals surface area (Å²) in [4.78, 5) is 21.7. The molecular formula is C19H18N6O. The summed E-state index contributed by atoms with van der Waals surface area (Å²) < 4.78 is 1.21. The van der Waals surface area contributed by atoms with Crippen molar-refractivity contribution in [2.75, 3.05) is 18.1 Å². The van der Waals surface area contributed by atoms with E-state index in [0.29, 0.717) is 28.7 Å². The van der Waals surface area contributed by atoms with Gasteiger partial charge in [0, 0.05) is 6.54 Å². The maximum Gasteiger partial charge on any atom is 0.257 e. The van der Waals surface area contributed by atoms with Gasteiger partial charge in [-0.25, -0.2) is 14.6 Å². The van der Waals surface area contributed by atoms with Crippen LogP contribution < -0.4 is 16.9 Å². The minimum Gasteiger partial charge on any atom is -0.383 e. The molecule has 0 unspecified atom stereocenters.